The first-order valence-corrected chi connectivity index (χ1v) is 6.21. The molecule has 0 radical (unpaired) electrons. The number of methoxy groups -OCH3 is 1. The Hall–Kier alpha value is -1.39. The third-order valence-electron chi connectivity index (χ3n) is 2.61. The van der Waals surface area contributed by atoms with E-state index in [0.29, 0.717) is 5.56 Å². The second-order valence-corrected chi connectivity index (χ2v) is 4.27. The van der Waals surface area contributed by atoms with Gasteiger partial charge in [-0.25, -0.2) is 0 Å². The van der Waals surface area contributed by atoms with Crippen LogP contribution in [0.2, 0.25) is 0 Å². The Morgan fingerprint density at radius 1 is 1.39 bits per heavy atom. The van der Waals surface area contributed by atoms with Crippen LogP contribution in [0.25, 0.3) is 0 Å². The Bertz CT molecular complexity index is 362. The predicted molar refractivity (Wildman–Crippen MR) is 70.7 cm³/mol. The summed E-state index contributed by atoms with van der Waals surface area (Å²) in [5, 5.41) is 12.1. The molecule has 1 aromatic carbocycles. The van der Waals surface area contributed by atoms with E-state index in [1.807, 2.05) is 24.3 Å². The number of amides is 1. The standard InChI is InChI=1S/C14H21NO3/c1-3-4-11-5-7-12(8-6-11)14(17)15-9-13(16)10-18-2/h5-8,13,16H,3-4,9-10H2,1-2H3,(H,15,17). The first-order valence-electron chi connectivity index (χ1n) is 6.21. The van der Waals surface area contributed by atoms with Crippen molar-refractivity contribution < 1.29 is 14.6 Å². The van der Waals surface area contributed by atoms with E-state index in [9.17, 15) is 9.90 Å². The smallest absolute Gasteiger partial charge is 0.251 e. The van der Waals surface area contributed by atoms with Gasteiger partial charge >= 0.3 is 0 Å². The van der Waals surface area contributed by atoms with Crippen LogP contribution in [0.4, 0.5) is 0 Å². The molecule has 100 valence electrons. The van der Waals surface area contributed by atoms with Crippen LogP contribution in [-0.4, -0.2) is 37.4 Å². The topological polar surface area (TPSA) is 58.6 Å². The maximum Gasteiger partial charge on any atom is 0.251 e. The van der Waals surface area contributed by atoms with Crippen molar-refractivity contribution in [3.8, 4) is 0 Å². The monoisotopic (exact) mass is 251 g/mol. The fourth-order valence-corrected chi connectivity index (χ4v) is 1.68. The van der Waals surface area contributed by atoms with Crippen LogP contribution in [0.3, 0.4) is 0 Å². The van der Waals surface area contributed by atoms with Crippen molar-refractivity contribution in [2.45, 2.75) is 25.9 Å². The lowest BCUT2D eigenvalue weighted by molar-refractivity contribution is 0.0610. The molecule has 1 amide bonds. The lowest BCUT2D eigenvalue weighted by atomic mass is 10.1. The van der Waals surface area contributed by atoms with Gasteiger partial charge in [-0.15, -0.1) is 0 Å². The molecule has 2 N–H and O–H groups in total. The van der Waals surface area contributed by atoms with Gasteiger partial charge in [-0.2, -0.15) is 0 Å². The third-order valence-corrected chi connectivity index (χ3v) is 2.61. The molecule has 0 aliphatic rings. The number of carbonyl (C=O) groups is 1. The molecule has 1 rings (SSSR count). The molecule has 18 heavy (non-hydrogen) atoms. The van der Waals surface area contributed by atoms with Crippen LogP contribution in [0.15, 0.2) is 24.3 Å². The third kappa shape index (κ3) is 4.85. The zero-order valence-electron chi connectivity index (χ0n) is 11.0. The number of hydrogen-bond acceptors (Lipinski definition) is 3. The molecule has 0 fully saturated rings. The van der Waals surface area contributed by atoms with Crippen LogP contribution in [0, 0.1) is 0 Å². The first-order chi connectivity index (χ1) is 8.67. The van der Waals surface area contributed by atoms with Gasteiger partial charge in [-0.3, -0.25) is 4.79 Å². The van der Waals surface area contributed by atoms with Gasteiger partial charge in [0.2, 0.25) is 0 Å². The summed E-state index contributed by atoms with van der Waals surface area (Å²) >= 11 is 0. The molecule has 0 saturated carbocycles. The minimum absolute atomic E-state index is 0.173. The Morgan fingerprint density at radius 2 is 2.06 bits per heavy atom. The van der Waals surface area contributed by atoms with Gasteiger partial charge in [0.1, 0.15) is 0 Å². The molecule has 4 nitrogen and oxygen atoms in total. The van der Waals surface area contributed by atoms with Gasteiger partial charge < -0.3 is 15.2 Å². The Labute approximate surface area is 108 Å². The molecule has 0 bridgehead atoms. The molecule has 1 aromatic rings. The SMILES string of the molecule is CCCc1ccc(C(=O)NCC(O)COC)cc1. The van der Waals surface area contributed by atoms with Crippen molar-refractivity contribution in [1.82, 2.24) is 5.32 Å². The van der Waals surface area contributed by atoms with Gasteiger partial charge in [0.05, 0.1) is 12.7 Å². The van der Waals surface area contributed by atoms with Crippen molar-refractivity contribution in [3.63, 3.8) is 0 Å². The van der Waals surface area contributed by atoms with E-state index in [0.717, 1.165) is 12.8 Å². The van der Waals surface area contributed by atoms with E-state index >= 15 is 0 Å². The van der Waals surface area contributed by atoms with Crippen molar-refractivity contribution in [1.29, 1.82) is 0 Å². The number of aliphatic hydroxyl groups is 1. The molecule has 0 aliphatic heterocycles. The number of ether oxygens (including phenoxy) is 1. The molecular formula is C14H21NO3. The van der Waals surface area contributed by atoms with Gasteiger partial charge in [0.25, 0.3) is 5.91 Å². The van der Waals surface area contributed by atoms with Gasteiger partial charge in [0, 0.05) is 19.2 Å². The maximum atomic E-state index is 11.8. The zero-order chi connectivity index (χ0) is 13.4. The minimum Gasteiger partial charge on any atom is -0.389 e. The van der Waals surface area contributed by atoms with E-state index in [1.54, 1.807) is 0 Å². The summed E-state index contributed by atoms with van der Waals surface area (Å²) in [6, 6.07) is 7.54. The average Bonchev–Trinajstić information content (AvgIpc) is 2.37. The lowest BCUT2D eigenvalue weighted by Crippen LogP contribution is -2.34. The van der Waals surface area contributed by atoms with E-state index in [-0.39, 0.29) is 19.1 Å². The van der Waals surface area contributed by atoms with Crippen LogP contribution in [0.5, 0.6) is 0 Å². The minimum atomic E-state index is -0.668. The molecule has 0 aliphatic carbocycles. The van der Waals surface area contributed by atoms with Crippen LogP contribution >= 0.6 is 0 Å². The average molecular weight is 251 g/mol. The number of benzene rings is 1. The maximum absolute atomic E-state index is 11.8. The van der Waals surface area contributed by atoms with Crippen LogP contribution in [0.1, 0.15) is 29.3 Å². The highest BCUT2D eigenvalue weighted by Crippen LogP contribution is 2.06. The van der Waals surface area contributed by atoms with Crippen molar-refractivity contribution in [2.24, 2.45) is 0 Å². The highest BCUT2D eigenvalue weighted by Gasteiger charge is 2.08. The molecular weight excluding hydrogens is 230 g/mol. The highest BCUT2D eigenvalue weighted by atomic mass is 16.5. The second kappa shape index (κ2) is 7.84. The summed E-state index contributed by atoms with van der Waals surface area (Å²) in [6.07, 6.45) is 1.45. The molecule has 0 heterocycles. The Kier molecular flexibility index (Phi) is 6.39. The summed E-state index contributed by atoms with van der Waals surface area (Å²) in [4.78, 5) is 11.8. The van der Waals surface area contributed by atoms with Gasteiger partial charge in [-0.1, -0.05) is 25.5 Å². The van der Waals surface area contributed by atoms with Gasteiger partial charge in [0.15, 0.2) is 0 Å². The fraction of sp³-hybridized carbons (Fsp3) is 0.500. The van der Waals surface area contributed by atoms with E-state index in [1.165, 1.54) is 12.7 Å². The number of aryl methyl sites for hydroxylation is 1. The zero-order valence-corrected chi connectivity index (χ0v) is 11.0. The fourth-order valence-electron chi connectivity index (χ4n) is 1.68. The summed E-state index contributed by atoms with van der Waals surface area (Å²) < 4.78 is 4.78. The molecule has 1 atom stereocenters. The number of carbonyl (C=O) groups excluding carboxylic acids is 1. The van der Waals surface area contributed by atoms with E-state index in [4.69, 9.17) is 4.74 Å². The van der Waals surface area contributed by atoms with Gasteiger partial charge in [-0.05, 0) is 24.1 Å². The summed E-state index contributed by atoms with van der Waals surface area (Å²) in [7, 11) is 1.51. The molecule has 0 spiro atoms. The van der Waals surface area contributed by atoms with Crippen molar-refractivity contribution in [2.75, 3.05) is 20.3 Å². The number of hydrogen-bond donors (Lipinski definition) is 2. The Balaban J connectivity index is 2.46. The summed E-state index contributed by atoms with van der Waals surface area (Å²) in [5.74, 6) is -0.173. The molecule has 1 unspecified atom stereocenters. The van der Waals surface area contributed by atoms with Crippen LogP contribution in [-0.2, 0) is 11.2 Å². The summed E-state index contributed by atoms with van der Waals surface area (Å²) in [6.45, 7) is 2.54. The summed E-state index contributed by atoms with van der Waals surface area (Å²) in [5.41, 5.74) is 1.84. The Morgan fingerprint density at radius 3 is 2.61 bits per heavy atom. The molecule has 0 aromatic heterocycles. The quantitative estimate of drug-likeness (QED) is 0.769. The number of nitrogens with one attached hydrogen (secondary N) is 1. The second-order valence-electron chi connectivity index (χ2n) is 4.27. The largest absolute Gasteiger partial charge is 0.389 e. The first kappa shape index (κ1) is 14.7. The van der Waals surface area contributed by atoms with Crippen molar-refractivity contribution >= 4 is 5.91 Å². The number of aliphatic hydroxyl groups excluding tert-OH is 1. The van der Waals surface area contributed by atoms with Crippen molar-refractivity contribution in [3.05, 3.63) is 35.4 Å². The molecule has 0 saturated heterocycles. The highest BCUT2D eigenvalue weighted by molar-refractivity contribution is 5.94. The predicted octanol–water partition coefficient (Wildman–Crippen LogP) is 1.38. The lowest BCUT2D eigenvalue weighted by Gasteiger charge is -2.11. The normalized spacial score (nSPS) is 12.2. The van der Waals surface area contributed by atoms with E-state index < -0.39 is 6.10 Å². The van der Waals surface area contributed by atoms with Crippen LogP contribution < -0.4 is 5.32 Å². The van der Waals surface area contributed by atoms with E-state index in [2.05, 4.69) is 12.2 Å². The number of rotatable bonds is 7. The molecule has 4 heteroatoms.